The summed E-state index contributed by atoms with van der Waals surface area (Å²) >= 11 is 0. The van der Waals surface area contributed by atoms with Crippen LogP contribution in [0.2, 0.25) is 0 Å². The molecule has 5 aromatic rings. The highest BCUT2D eigenvalue weighted by atomic mass is 16.3. The third kappa shape index (κ3) is 3.72. The summed E-state index contributed by atoms with van der Waals surface area (Å²) in [6, 6.07) is 26.4. The summed E-state index contributed by atoms with van der Waals surface area (Å²) in [5.74, 6) is -0.324. The molecule has 48 heavy (non-hydrogen) atoms. The van der Waals surface area contributed by atoms with Crippen LogP contribution in [-0.4, -0.2) is 45.1 Å². The molecule has 0 saturated heterocycles. The summed E-state index contributed by atoms with van der Waals surface area (Å²) in [7, 11) is 8.11. The summed E-state index contributed by atoms with van der Waals surface area (Å²) in [6.07, 6.45) is 0. The second-order valence-corrected chi connectivity index (χ2v) is 12.9. The van der Waals surface area contributed by atoms with Crippen molar-refractivity contribution in [2.75, 3.05) is 44.7 Å². The second-order valence-electron chi connectivity index (χ2n) is 12.9. The fraction of sp³-hybridized carbons (Fsp3) is 0.150. The summed E-state index contributed by atoms with van der Waals surface area (Å²) in [5, 5.41) is 51.3. The van der Waals surface area contributed by atoms with Gasteiger partial charge in [0.25, 0.3) is 5.70 Å². The van der Waals surface area contributed by atoms with Gasteiger partial charge in [-0.05, 0) is 45.9 Å². The number of allylic oxidation sites excluding steroid dienone is 3. The molecule has 0 spiro atoms. The minimum Gasteiger partial charge on any atom is -0.872 e. The molecular weight excluding hydrogens is 598 g/mol. The lowest BCUT2D eigenvalue weighted by atomic mass is 9.68. The van der Waals surface area contributed by atoms with Gasteiger partial charge >= 0.3 is 0 Å². The van der Waals surface area contributed by atoms with Gasteiger partial charge in [0, 0.05) is 63.8 Å². The minimum atomic E-state index is -0.348. The number of aromatic hydroxyl groups is 2. The Bertz CT molecular complexity index is 2440. The number of benzene rings is 5. The van der Waals surface area contributed by atoms with Gasteiger partial charge in [0.2, 0.25) is 0 Å². The lowest BCUT2D eigenvalue weighted by Crippen LogP contribution is -3.06. The second kappa shape index (κ2) is 10.4. The first-order valence-electron chi connectivity index (χ1n) is 15.7. The summed E-state index contributed by atoms with van der Waals surface area (Å²) in [6.45, 7) is 8.71. The van der Waals surface area contributed by atoms with Crippen LogP contribution in [0.5, 0.6) is 11.5 Å². The van der Waals surface area contributed by atoms with Crippen LogP contribution in [-0.2, 0) is 0 Å². The predicted octanol–water partition coefficient (Wildman–Crippen LogP) is 5.08. The molecule has 1 heterocycles. The highest BCUT2D eigenvalue weighted by Crippen LogP contribution is 2.58. The molecule has 2 aliphatic carbocycles. The number of nitrogens with one attached hydrogen (secondary N) is 1. The van der Waals surface area contributed by atoms with Gasteiger partial charge in [0.05, 0.1) is 39.1 Å². The maximum Gasteiger partial charge on any atom is 0.270 e. The van der Waals surface area contributed by atoms with Crippen LogP contribution in [0, 0.1) is 17.9 Å². The average molecular weight is 630 g/mol. The Labute approximate surface area is 278 Å². The molecule has 8 rings (SSSR count). The normalized spacial score (nSPS) is 19.2. The Morgan fingerprint density at radius 2 is 1.52 bits per heavy atom. The van der Waals surface area contributed by atoms with Gasteiger partial charge in [-0.1, -0.05) is 66.4 Å². The van der Waals surface area contributed by atoms with Gasteiger partial charge < -0.3 is 30.0 Å². The van der Waals surface area contributed by atoms with E-state index in [0.717, 1.165) is 49.1 Å². The van der Waals surface area contributed by atoms with Crippen molar-refractivity contribution in [3.63, 3.8) is 0 Å². The first kappa shape index (κ1) is 29.2. The van der Waals surface area contributed by atoms with E-state index >= 15 is 5.11 Å². The van der Waals surface area contributed by atoms with Crippen molar-refractivity contribution in [2.45, 2.75) is 6.04 Å². The Balaban J connectivity index is 1.58. The number of rotatable bonds is 2. The molecular formula is C40H31N5O3. The molecule has 0 radical (unpaired) electrons. The topological polar surface area (TPSA) is 103 Å². The molecule has 8 nitrogen and oxygen atoms in total. The van der Waals surface area contributed by atoms with E-state index in [1.54, 1.807) is 24.3 Å². The van der Waals surface area contributed by atoms with E-state index in [0.29, 0.717) is 28.8 Å². The van der Waals surface area contributed by atoms with Crippen LogP contribution in [0.1, 0.15) is 33.9 Å². The van der Waals surface area contributed by atoms with Crippen LogP contribution in [0.4, 0.5) is 11.4 Å². The number of phenolic OH excluding ortho intramolecular Hbond substituents is 2. The van der Waals surface area contributed by atoms with Crippen LogP contribution in [0.25, 0.3) is 37.5 Å². The van der Waals surface area contributed by atoms with Crippen molar-refractivity contribution in [1.29, 1.82) is 5.26 Å². The molecule has 3 N–H and O–H groups in total. The zero-order valence-corrected chi connectivity index (χ0v) is 26.9. The molecule has 1 aliphatic heterocycles. The SMILES string of the molecule is [C-]#[N+]/C(C#N)=C1C(c2c3cccc4c3c(c3cccc(O)c23)N(C)CN4C)=C([O-])C/1=C1\c2ccccc2C([NH+](C)C)c2cccc(O)c21. The number of fused-ring (bicyclic) bond motifs is 4. The van der Waals surface area contributed by atoms with Crippen molar-refractivity contribution in [3.8, 4) is 17.6 Å². The fourth-order valence-corrected chi connectivity index (χ4v) is 8.20. The molecule has 0 aromatic heterocycles. The van der Waals surface area contributed by atoms with Crippen LogP contribution in [0.15, 0.2) is 101 Å². The molecule has 1 atom stereocenters. The van der Waals surface area contributed by atoms with Crippen LogP contribution >= 0.6 is 0 Å². The summed E-state index contributed by atoms with van der Waals surface area (Å²) in [5.41, 5.74) is 6.49. The molecule has 0 saturated carbocycles. The van der Waals surface area contributed by atoms with E-state index in [2.05, 4.69) is 34.8 Å². The highest BCUT2D eigenvalue weighted by molar-refractivity contribution is 6.26. The van der Waals surface area contributed by atoms with E-state index in [1.807, 2.05) is 68.7 Å². The van der Waals surface area contributed by atoms with Gasteiger partial charge in [-0.15, -0.1) is 0 Å². The average Bonchev–Trinajstić information content (AvgIpc) is 3.07. The van der Waals surface area contributed by atoms with E-state index in [-0.39, 0.29) is 45.7 Å². The Hall–Kier alpha value is -6.22. The largest absolute Gasteiger partial charge is 0.872 e. The first-order valence-corrected chi connectivity index (χ1v) is 15.7. The van der Waals surface area contributed by atoms with Crippen molar-refractivity contribution in [3.05, 3.63) is 141 Å². The number of nitriles is 1. The highest BCUT2D eigenvalue weighted by Gasteiger charge is 2.41. The van der Waals surface area contributed by atoms with E-state index in [1.165, 1.54) is 0 Å². The van der Waals surface area contributed by atoms with Gasteiger partial charge in [0.15, 0.2) is 0 Å². The Morgan fingerprint density at radius 1 is 0.833 bits per heavy atom. The fourth-order valence-electron chi connectivity index (χ4n) is 8.20. The number of quaternary nitrogens is 1. The third-order valence-electron chi connectivity index (χ3n) is 9.98. The quantitative estimate of drug-likeness (QED) is 0.143. The lowest BCUT2D eigenvalue weighted by molar-refractivity contribution is -0.885. The van der Waals surface area contributed by atoms with E-state index in [4.69, 9.17) is 6.57 Å². The predicted molar refractivity (Wildman–Crippen MR) is 186 cm³/mol. The van der Waals surface area contributed by atoms with Gasteiger partial charge in [-0.2, -0.15) is 0 Å². The van der Waals surface area contributed by atoms with Gasteiger partial charge in [-0.25, -0.2) is 10.1 Å². The molecule has 1 unspecified atom stereocenters. The molecule has 5 aromatic carbocycles. The first-order chi connectivity index (χ1) is 23.2. The molecule has 0 bridgehead atoms. The third-order valence-corrected chi connectivity index (χ3v) is 9.98. The lowest BCUT2D eigenvalue weighted by Gasteiger charge is -2.42. The summed E-state index contributed by atoms with van der Waals surface area (Å²) in [4.78, 5) is 9.03. The molecule has 0 amide bonds. The monoisotopic (exact) mass is 629 g/mol. The Kier molecular flexibility index (Phi) is 6.33. The molecule has 8 heteroatoms. The zero-order valence-electron chi connectivity index (χ0n) is 26.9. The number of hydrogen-bond donors (Lipinski definition) is 3. The molecule has 0 fully saturated rings. The zero-order chi connectivity index (χ0) is 33.6. The number of hydrogen-bond acceptors (Lipinski definition) is 6. The number of nitrogens with zero attached hydrogens (tertiary/aromatic N) is 4. The number of anilines is 2. The van der Waals surface area contributed by atoms with Gasteiger partial charge in [-0.3, -0.25) is 0 Å². The van der Waals surface area contributed by atoms with Crippen LogP contribution in [0.3, 0.4) is 0 Å². The van der Waals surface area contributed by atoms with E-state index < -0.39 is 0 Å². The van der Waals surface area contributed by atoms with Crippen LogP contribution < -0.4 is 19.8 Å². The maximum atomic E-state index is 15.0. The van der Waals surface area contributed by atoms with Crippen molar-refractivity contribution in [2.24, 2.45) is 0 Å². The molecule has 234 valence electrons. The maximum absolute atomic E-state index is 15.0. The van der Waals surface area contributed by atoms with Crippen molar-refractivity contribution in [1.82, 2.24) is 0 Å². The minimum absolute atomic E-state index is 0.00301. The van der Waals surface area contributed by atoms with Crippen molar-refractivity contribution < 1.29 is 20.2 Å². The smallest absolute Gasteiger partial charge is 0.270 e. The van der Waals surface area contributed by atoms with Gasteiger partial charge in [0.1, 0.15) is 17.5 Å². The Morgan fingerprint density at radius 3 is 2.27 bits per heavy atom. The van der Waals surface area contributed by atoms with Crippen molar-refractivity contribution >= 4 is 44.1 Å². The number of phenols is 2. The standard InChI is InChI=1S/C40H31N5O3/c1-42-26(19-41)35-36(33-21-11-6-7-12-22(21)38(43(2)3)24-14-9-17-28(46)31(24)33)40(48)37(35)34-23-13-8-16-27-30(23)39(45(5)20-44(27)4)25-15-10-18-29(47)32(25)34/h6-18,38,46-48H,20H2,2-5H3/b35-26+,36-33+. The summed E-state index contributed by atoms with van der Waals surface area (Å²) < 4.78 is 0. The van der Waals surface area contributed by atoms with E-state index in [9.17, 15) is 15.5 Å². The molecule has 3 aliphatic rings.